The molecule has 0 aliphatic carbocycles. The van der Waals surface area contributed by atoms with Crippen molar-refractivity contribution >= 4 is 50.6 Å². The highest BCUT2D eigenvalue weighted by Crippen LogP contribution is 2.33. The molecule has 190 valence electrons. The average molecular weight is 591 g/mol. The van der Waals surface area contributed by atoms with Crippen LogP contribution in [0.25, 0.3) is 16.9 Å². The highest BCUT2D eigenvalue weighted by molar-refractivity contribution is 9.10. The minimum absolute atomic E-state index is 0.106. The number of carbonyl (C=O) groups excluding carboxylic acids is 1. The van der Waals surface area contributed by atoms with Crippen LogP contribution < -0.4 is 20.1 Å². The molecule has 0 saturated carbocycles. The average Bonchev–Trinajstić information content (AvgIpc) is 3.54. The number of benzene rings is 3. The van der Waals surface area contributed by atoms with E-state index in [2.05, 4.69) is 31.7 Å². The number of amides is 1. The zero-order chi connectivity index (χ0) is 26.1. The van der Waals surface area contributed by atoms with Crippen LogP contribution in [0.2, 0.25) is 5.02 Å². The van der Waals surface area contributed by atoms with Crippen molar-refractivity contribution in [3.63, 3.8) is 0 Å². The number of anilines is 2. The van der Waals surface area contributed by atoms with Crippen LogP contribution in [0.4, 0.5) is 11.5 Å². The standard InChI is InChI=1S/C28H21BrClN5O3/c29-21-15-32-35-26(13-23(34-28(21)35)20-3-1-2-4-22(20)30)31-14-17-5-8-19(9-6-17)33-27(36)12-18-7-10-24-25(11-18)38-16-37-24/h1-11,13,15,31H,12,14,16H2,(H,33,36). The van der Waals surface area contributed by atoms with Crippen LogP contribution in [-0.4, -0.2) is 27.3 Å². The molecule has 3 aromatic carbocycles. The number of nitrogens with zero attached hydrogens (tertiary/aromatic N) is 3. The van der Waals surface area contributed by atoms with Crippen LogP contribution >= 0.6 is 27.5 Å². The third-order valence-corrected chi connectivity index (χ3v) is 6.98. The Morgan fingerprint density at radius 2 is 1.79 bits per heavy atom. The van der Waals surface area contributed by atoms with Crippen LogP contribution in [0, 0.1) is 0 Å². The van der Waals surface area contributed by atoms with Crippen molar-refractivity contribution in [1.29, 1.82) is 0 Å². The molecule has 0 fully saturated rings. The van der Waals surface area contributed by atoms with E-state index in [1.807, 2.05) is 72.8 Å². The number of fused-ring (bicyclic) bond motifs is 2. The first-order chi connectivity index (χ1) is 18.5. The van der Waals surface area contributed by atoms with Crippen molar-refractivity contribution in [1.82, 2.24) is 14.6 Å². The Hall–Kier alpha value is -4.08. The van der Waals surface area contributed by atoms with Gasteiger partial charge >= 0.3 is 0 Å². The van der Waals surface area contributed by atoms with Gasteiger partial charge in [0.25, 0.3) is 0 Å². The number of hydrogen-bond donors (Lipinski definition) is 2. The highest BCUT2D eigenvalue weighted by Gasteiger charge is 2.15. The fraction of sp³-hybridized carbons (Fsp3) is 0.107. The molecule has 3 heterocycles. The van der Waals surface area contributed by atoms with Crippen molar-refractivity contribution in [3.05, 3.63) is 99.6 Å². The Bertz CT molecular complexity index is 1650. The lowest BCUT2D eigenvalue weighted by molar-refractivity contribution is -0.115. The summed E-state index contributed by atoms with van der Waals surface area (Å²) in [6, 6.07) is 22.8. The van der Waals surface area contributed by atoms with Crippen molar-refractivity contribution < 1.29 is 14.3 Å². The molecule has 0 atom stereocenters. The van der Waals surface area contributed by atoms with E-state index in [-0.39, 0.29) is 19.1 Å². The summed E-state index contributed by atoms with van der Waals surface area (Å²) in [6.45, 7) is 0.754. The Labute approximate surface area is 231 Å². The van der Waals surface area contributed by atoms with Gasteiger partial charge in [0, 0.05) is 28.9 Å². The molecule has 2 N–H and O–H groups in total. The van der Waals surface area contributed by atoms with Crippen LogP contribution in [-0.2, 0) is 17.8 Å². The second kappa shape index (κ2) is 10.4. The van der Waals surface area contributed by atoms with Crippen molar-refractivity contribution in [2.75, 3.05) is 17.4 Å². The Morgan fingerprint density at radius 3 is 2.63 bits per heavy atom. The first-order valence-corrected chi connectivity index (χ1v) is 13.0. The highest BCUT2D eigenvalue weighted by atomic mass is 79.9. The summed E-state index contributed by atoms with van der Waals surface area (Å²) in [5.74, 6) is 2.04. The zero-order valence-corrected chi connectivity index (χ0v) is 22.3. The van der Waals surface area contributed by atoms with Gasteiger partial charge in [-0.3, -0.25) is 4.79 Å². The lowest BCUT2D eigenvalue weighted by Crippen LogP contribution is -2.14. The molecule has 1 amide bonds. The zero-order valence-electron chi connectivity index (χ0n) is 19.9. The smallest absolute Gasteiger partial charge is 0.231 e. The normalized spacial score (nSPS) is 12.1. The molecule has 8 nitrogen and oxygen atoms in total. The van der Waals surface area contributed by atoms with E-state index in [4.69, 9.17) is 26.1 Å². The first kappa shape index (κ1) is 24.3. The van der Waals surface area contributed by atoms with E-state index in [1.54, 1.807) is 10.7 Å². The van der Waals surface area contributed by atoms with Gasteiger partial charge in [0.15, 0.2) is 17.1 Å². The molecule has 0 bridgehead atoms. The molecule has 38 heavy (non-hydrogen) atoms. The molecule has 0 unspecified atom stereocenters. The van der Waals surface area contributed by atoms with Crippen molar-refractivity contribution in [2.24, 2.45) is 0 Å². The van der Waals surface area contributed by atoms with E-state index in [0.29, 0.717) is 28.7 Å². The number of carbonyl (C=O) groups is 1. The van der Waals surface area contributed by atoms with Gasteiger partial charge in [-0.1, -0.05) is 48.0 Å². The van der Waals surface area contributed by atoms with Crippen LogP contribution in [0.15, 0.2) is 83.5 Å². The predicted octanol–water partition coefficient (Wildman–Crippen LogP) is 6.33. The molecular weight excluding hydrogens is 570 g/mol. The molecule has 1 aliphatic rings. The molecule has 1 aliphatic heterocycles. The molecule has 2 aromatic heterocycles. The summed E-state index contributed by atoms with van der Waals surface area (Å²) in [6.07, 6.45) is 1.95. The van der Waals surface area contributed by atoms with Gasteiger partial charge in [0.2, 0.25) is 12.7 Å². The summed E-state index contributed by atoms with van der Waals surface area (Å²) in [7, 11) is 0. The predicted molar refractivity (Wildman–Crippen MR) is 150 cm³/mol. The minimum Gasteiger partial charge on any atom is -0.454 e. The molecule has 6 rings (SSSR count). The number of ether oxygens (including phenoxy) is 2. The van der Waals surface area contributed by atoms with Gasteiger partial charge in [-0.2, -0.15) is 9.61 Å². The number of rotatable bonds is 7. The van der Waals surface area contributed by atoms with E-state index in [9.17, 15) is 4.79 Å². The topological polar surface area (TPSA) is 89.8 Å². The Balaban J connectivity index is 1.13. The Morgan fingerprint density at radius 1 is 1.00 bits per heavy atom. The van der Waals surface area contributed by atoms with E-state index < -0.39 is 0 Å². The first-order valence-electron chi connectivity index (χ1n) is 11.8. The second-order valence-corrected chi connectivity index (χ2v) is 9.96. The van der Waals surface area contributed by atoms with Gasteiger partial charge in [0.05, 0.1) is 22.8 Å². The maximum atomic E-state index is 12.6. The molecular formula is C28H21BrClN5O3. The van der Waals surface area contributed by atoms with E-state index in [0.717, 1.165) is 38.4 Å². The molecule has 10 heteroatoms. The van der Waals surface area contributed by atoms with Gasteiger partial charge in [-0.15, -0.1) is 0 Å². The monoisotopic (exact) mass is 589 g/mol. The maximum Gasteiger partial charge on any atom is 0.231 e. The maximum absolute atomic E-state index is 12.6. The van der Waals surface area contributed by atoms with E-state index in [1.165, 1.54) is 0 Å². The van der Waals surface area contributed by atoms with Gasteiger partial charge < -0.3 is 20.1 Å². The molecule has 0 radical (unpaired) electrons. The minimum atomic E-state index is -0.106. The lowest BCUT2D eigenvalue weighted by Gasteiger charge is -2.12. The third kappa shape index (κ3) is 5.03. The van der Waals surface area contributed by atoms with Crippen LogP contribution in [0.5, 0.6) is 11.5 Å². The molecule has 0 spiro atoms. The van der Waals surface area contributed by atoms with Crippen molar-refractivity contribution in [3.8, 4) is 22.8 Å². The molecule has 5 aromatic rings. The third-order valence-electron chi connectivity index (χ3n) is 6.09. The second-order valence-electron chi connectivity index (χ2n) is 8.70. The van der Waals surface area contributed by atoms with Crippen molar-refractivity contribution in [2.45, 2.75) is 13.0 Å². The molecule has 0 saturated heterocycles. The summed E-state index contributed by atoms with van der Waals surface area (Å²) in [5, 5.41) is 11.5. The van der Waals surface area contributed by atoms with E-state index >= 15 is 0 Å². The largest absolute Gasteiger partial charge is 0.454 e. The number of nitrogens with one attached hydrogen (secondary N) is 2. The number of halogens is 2. The number of aromatic nitrogens is 3. The lowest BCUT2D eigenvalue weighted by atomic mass is 10.1. The summed E-state index contributed by atoms with van der Waals surface area (Å²) >= 11 is 9.96. The van der Waals surface area contributed by atoms with Crippen LogP contribution in [0.3, 0.4) is 0 Å². The van der Waals surface area contributed by atoms with Crippen LogP contribution in [0.1, 0.15) is 11.1 Å². The summed E-state index contributed by atoms with van der Waals surface area (Å²) in [5.41, 5.74) is 4.89. The summed E-state index contributed by atoms with van der Waals surface area (Å²) < 4.78 is 13.2. The summed E-state index contributed by atoms with van der Waals surface area (Å²) in [4.78, 5) is 17.3. The fourth-order valence-corrected chi connectivity index (χ4v) is 4.79. The van der Waals surface area contributed by atoms with Gasteiger partial charge in [-0.05, 0) is 57.4 Å². The van der Waals surface area contributed by atoms with Gasteiger partial charge in [0.1, 0.15) is 5.82 Å². The Kier molecular flexibility index (Phi) is 6.61. The SMILES string of the molecule is O=C(Cc1ccc2c(c1)OCO2)Nc1ccc(CNc2cc(-c3ccccc3Cl)nc3c(Br)cnn23)cc1. The quantitative estimate of drug-likeness (QED) is 0.230. The fourth-order valence-electron chi connectivity index (χ4n) is 4.21. The van der Waals surface area contributed by atoms with Gasteiger partial charge in [-0.25, -0.2) is 4.98 Å². The number of hydrogen-bond acceptors (Lipinski definition) is 6.